The van der Waals surface area contributed by atoms with Crippen LogP contribution in [0.25, 0.3) is 0 Å². The van der Waals surface area contributed by atoms with E-state index < -0.39 is 0 Å². The lowest BCUT2D eigenvalue weighted by atomic mass is 10.0. The Hall–Kier alpha value is -2.25. The van der Waals surface area contributed by atoms with Crippen LogP contribution in [0.2, 0.25) is 0 Å². The molecule has 0 bridgehead atoms. The van der Waals surface area contributed by atoms with Crippen LogP contribution in [-0.4, -0.2) is 37.1 Å². The average molecular weight is 373 g/mol. The molecule has 1 unspecified atom stereocenters. The standard InChI is InChI=1S/C19H23N3O3S/c1-25-18(24)15-4-2-3-14(9-15)10-16-12-21-19(26-16)22-17(23)6-5-13-7-8-20-11-13/h2-4,9,12-13,20H,5-8,10-11H2,1H3,(H,21,22,23). The number of methoxy groups -OCH3 is 1. The number of aromatic nitrogens is 1. The highest BCUT2D eigenvalue weighted by Crippen LogP contribution is 2.22. The number of nitrogens with one attached hydrogen (secondary N) is 2. The zero-order chi connectivity index (χ0) is 18.4. The summed E-state index contributed by atoms with van der Waals surface area (Å²) < 4.78 is 4.75. The maximum absolute atomic E-state index is 12.1. The van der Waals surface area contributed by atoms with Crippen LogP contribution in [0.1, 0.15) is 40.1 Å². The van der Waals surface area contributed by atoms with Gasteiger partial charge in [-0.25, -0.2) is 9.78 Å². The Labute approximate surface area is 157 Å². The number of rotatable bonds is 7. The van der Waals surface area contributed by atoms with Crippen molar-refractivity contribution >= 4 is 28.3 Å². The first-order valence-electron chi connectivity index (χ1n) is 8.76. The van der Waals surface area contributed by atoms with E-state index in [4.69, 9.17) is 4.74 Å². The molecule has 6 nitrogen and oxygen atoms in total. The minimum atomic E-state index is -0.346. The highest BCUT2D eigenvalue weighted by Gasteiger charge is 2.16. The van der Waals surface area contributed by atoms with Crippen molar-refractivity contribution in [1.29, 1.82) is 0 Å². The monoisotopic (exact) mass is 373 g/mol. The van der Waals surface area contributed by atoms with Crippen molar-refractivity contribution in [3.05, 3.63) is 46.5 Å². The smallest absolute Gasteiger partial charge is 0.337 e. The Morgan fingerprint density at radius 1 is 1.42 bits per heavy atom. The molecule has 1 saturated heterocycles. The largest absolute Gasteiger partial charge is 0.465 e. The SMILES string of the molecule is COC(=O)c1cccc(Cc2cnc(NC(=O)CCC3CCNC3)s2)c1. The summed E-state index contributed by atoms with van der Waals surface area (Å²) in [5.74, 6) is 0.279. The van der Waals surface area contributed by atoms with E-state index in [-0.39, 0.29) is 11.9 Å². The summed E-state index contributed by atoms with van der Waals surface area (Å²) in [5, 5.41) is 6.82. The second kappa shape index (κ2) is 8.91. The van der Waals surface area contributed by atoms with Crippen LogP contribution in [0.15, 0.2) is 30.5 Å². The van der Waals surface area contributed by atoms with E-state index in [1.165, 1.54) is 18.4 Å². The molecule has 0 saturated carbocycles. The molecule has 0 spiro atoms. The second-order valence-corrected chi connectivity index (χ2v) is 7.56. The summed E-state index contributed by atoms with van der Waals surface area (Å²) in [7, 11) is 1.37. The highest BCUT2D eigenvalue weighted by molar-refractivity contribution is 7.15. The summed E-state index contributed by atoms with van der Waals surface area (Å²) in [6, 6.07) is 7.34. The zero-order valence-corrected chi connectivity index (χ0v) is 15.6. The van der Waals surface area contributed by atoms with Gasteiger partial charge in [-0.05, 0) is 49.5 Å². The van der Waals surface area contributed by atoms with Gasteiger partial charge < -0.3 is 15.4 Å². The highest BCUT2D eigenvalue weighted by atomic mass is 32.1. The van der Waals surface area contributed by atoms with Gasteiger partial charge in [0.15, 0.2) is 5.13 Å². The molecule has 7 heteroatoms. The van der Waals surface area contributed by atoms with E-state index in [2.05, 4.69) is 15.6 Å². The Morgan fingerprint density at radius 2 is 2.31 bits per heavy atom. The van der Waals surface area contributed by atoms with Crippen LogP contribution in [0.4, 0.5) is 5.13 Å². The predicted molar refractivity (Wildman–Crippen MR) is 102 cm³/mol. The number of ether oxygens (including phenoxy) is 1. The molecule has 0 radical (unpaired) electrons. The van der Waals surface area contributed by atoms with Crippen molar-refractivity contribution in [2.24, 2.45) is 5.92 Å². The molecule has 2 heterocycles. The maximum atomic E-state index is 12.1. The molecule has 1 aliphatic rings. The molecule has 138 valence electrons. The molecule has 1 aromatic heterocycles. The van der Waals surface area contributed by atoms with Gasteiger partial charge in [0.05, 0.1) is 12.7 Å². The van der Waals surface area contributed by atoms with Gasteiger partial charge in [-0.3, -0.25) is 4.79 Å². The lowest BCUT2D eigenvalue weighted by molar-refractivity contribution is -0.116. The van der Waals surface area contributed by atoms with E-state index in [1.54, 1.807) is 12.3 Å². The van der Waals surface area contributed by atoms with E-state index in [9.17, 15) is 9.59 Å². The number of hydrogen-bond acceptors (Lipinski definition) is 6. The number of thiazole rings is 1. The molecule has 1 fully saturated rings. The predicted octanol–water partition coefficient (Wildman–Crippen LogP) is 2.85. The van der Waals surface area contributed by atoms with Crippen LogP contribution in [0.5, 0.6) is 0 Å². The van der Waals surface area contributed by atoms with E-state index in [0.717, 1.165) is 36.4 Å². The van der Waals surface area contributed by atoms with Gasteiger partial charge in [0.2, 0.25) is 5.91 Å². The Bertz CT molecular complexity index is 769. The molecular weight excluding hydrogens is 350 g/mol. The van der Waals surface area contributed by atoms with Gasteiger partial charge in [-0.15, -0.1) is 11.3 Å². The lowest BCUT2D eigenvalue weighted by Gasteiger charge is -2.07. The minimum Gasteiger partial charge on any atom is -0.465 e. The van der Waals surface area contributed by atoms with Crippen molar-refractivity contribution in [1.82, 2.24) is 10.3 Å². The molecule has 1 amide bonds. The number of anilines is 1. The Kier molecular flexibility index (Phi) is 6.35. The number of benzene rings is 1. The van der Waals surface area contributed by atoms with Gasteiger partial charge in [-0.2, -0.15) is 0 Å². The van der Waals surface area contributed by atoms with Crippen LogP contribution < -0.4 is 10.6 Å². The maximum Gasteiger partial charge on any atom is 0.337 e. The second-order valence-electron chi connectivity index (χ2n) is 6.45. The number of nitrogens with zero attached hydrogens (tertiary/aromatic N) is 1. The van der Waals surface area contributed by atoms with Crippen molar-refractivity contribution in [2.75, 3.05) is 25.5 Å². The number of esters is 1. The quantitative estimate of drug-likeness (QED) is 0.730. The van der Waals surface area contributed by atoms with Crippen molar-refractivity contribution < 1.29 is 14.3 Å². The molecule has 2 aromatic rings. The molecular formula is C19H23N3O3S. The lowest BCUT2D eigenvalue weighted by Crippen LogP contribution is -2.14. The third kappa shape index (κ3) is 5.12. The third-order valence-electron chi connectivity index (χ3n) is 4.47. The summed E-state index contributed by atoms with van der Waals surface area (Å²) in [5.41, 5.74) is 1.53. The molecule has 0 aliphatic carbocycles. The summed E-state index contributed by atoms with van der Waals surface area (Å²) in [4.78, 5) is 29.0. The fourth-order valence-electron chi connectivity index (χ4n) is 3.05. The Balaban J connectivity index is 1.52. The van der Waals surface area contributed by atoms with Gasteiger partial charge >= 0.3 is 5.97 Å². The molecule has 2 N–H and O–H groups in total. The van der Waals surface area contributed by atoms with Crippen LogP contribution in [-0.2, 0) is 16.0 Å². The van der Waals surface area contributed by atoms with Crippen molar-refractivity contribution in [3.8, 4) is 0 Å². The van der Waals surface area contributed by atoms with Gasteiger partial charge in [0, 0.05) is 23.9 Å². The van der Waals surface area contributed by atoms with E-state index in [0.29, 0.717) is 29.5 Å². The van der Waals surface area contributed by atoms with Crippen molar-refractivity contribution in [3.63, 3.8) is 0 Å². The van der Waals surface area contributed by atoms with Gasteiger partial charge in [0.1, 0.15) is 0 Å². The average Bonchev–Trinajstić information content (AvgIpc) is 3.31. The van der Waals surface area contributed by atoms with E-state index in [1.807, 2.05) is 18.2 Å². The molecule has 26 heavy (non-hydrogen) atoms. The number of hydrogen-bond donors (Lipinski definition) is 2. The number of carbonyl (C=O) groups excluding carboxylic acids is 2. The molecule has 1 aliphatic heterocycles. The van der Waals surface area contributed by atoms with Crippen LogP contribution in [0, 0.1) is 5.92 Å². The summed E-state index contributed by atoms with van der Waals surface area (Å²) >= 11 is 1.46. The normalized spacial score (nSPS) is 16.4. The first-order chi connectivity index (χ1) is 12.6. The Morgan fingerprint density at radius 3 is 3.08 bits per heavy atom. The van der Waals surface area contributed by atoms with Crippen LogP contribution in [0.3, 0.4) is 0 Å². The number of carbonyl (C=O) groups is 2. The van der Waals surface area contributed by atoms with Crippen molar-refractivity contribution in [2.45, 2.75) is 25.7 Å². The molecule has 1 aromatic carbocycles. The number of amides is 1. The fourth-order valence-corrected chi connectivity index (χ4v) is 3.92. The first-order valence-corrected chi connectivity index (χ1v) is 9.58. The zero-order valence-electron chi connectivity index (χ0n) is 14.8. The molecule has 3 rings (SSSR count). The third-order valence-corrected chi connectivity index (χ3v) is 5.38. The topological polar surface area (TPSA) is 80.3 Å². The fraction of sp³-hybridized carbons (Fsp3) is 0.421. The van der Waals surface area contributed by atoms with Gasteiger partial charge in [0.25, 0.3) is 0 Å². The van der Waals surface area contributed by atoms with E-state index >= 15 is 0 Å². The first kappa shape index (κ1) is 18.5. The van der Waals surface area contributed by atoms with Crippen LogP contribution >= 0.6 is 11.3 Å². The van der Waals surface area contributed by atoms with Gasteiger partial charge in [-0.1, -0.05) is 12.1 Å². The minimum absolute atomic E-state index is 0.0190. The summed E-state index contributed by atoms with van der Waals surface area (Å²) in [6.07, 6.45) is 5.03. The molecule has 1 atom stereocenters. The summed E-state index contributed by atoms with van der Waals surface area (Å²) in [6.45, 7) is 2.07.